The van der Waals surface area contributed by atoms with Crippen molar-refractivity contribution in [2.24, 2.45) is 44.3 Å². The molecule has 0 unspecified atom stereocenters. The first-order chi connectivity index (χ1) is 53.6. The highest BCUT2D eigenvalue weighted by atomic mass is 15.2. The minimum absolute atomic E-state index is 0.344. The van der Waals surface area contributed by atoms with E-state index in [0.717, 1.165) is 36.0 Å². The van der Waals surface area contributed by atoms with Crippen molar-refractivity contribution in [3.05, 3.63) is 0 Å². The van der Waals surface area contributed by atoms with Crippen molar-refractivity contribution in [2.75, 3.05) is 105 Å². The van der Waals surface area contributed by atoms with Gasteiger partial charge in [0.1, 0.15) is 0 Å². The van der Waals surface area contributed by atoms with E-state index in [2.05, 4.69) is 300 Å². The van der Waals surface area contributed by atoms with E-state index in [0.29, 0.717) is 65.7 Å². The number of likely N-dealkylation sites (tertiary alicyclic amines) is 6. The van der Waals surface area contributed by atoms with E-state index >= 15 is 0 Å². The van der Waals surface area contributed by atoms with Crippen molar-refractivity contribution in [2.45, 2.75) is 544 Å². The fourth-order valence-electron chi connectivity index (χ4n) is 18.2. The first-order valence-corrected chi connectivity index (χ1v) is 51.0. The van der Waals surface area contributed by atoms with Crippen LogP contribution in [0.25, 0.3) is 0 Å². The SMILES string of the molecule is CC(C)(C)CCCC1CCN(C(C)(C)C)CC1.CC(C)(C)CCCCCC1CCN(C(C)(C)C)CC1.CC(C)(C)CCCCCCCNC1CCN(C(C)(C)C)CC1.CC(C)(C)CCCCCCNC1CCN(C(C)(C)C)CC1.CC(C)(C)CCCCCNC1CCN(C(C)(C)C)CC1.CC(C)(C)CCCNC1CCN(C(C)(C)C)CC1. The second-order valence-electron chi connectivity index (χ2n) is 52.2. The molecule has 0 aliphatic carbocycles. The Morgan fingerprint density at radius 2 is 0.325 bits per heavy atom. The second kappa shape index (κ2) is 56.0. The van der Waals surface area contributed by atoms with Crippen LogP contribution in [0.15, 0.2) is 0 Å². The molecule has 6 fully saturated rings. The maximum atomic E-state index is 3.78. The monoisotopic (exact) mass is 1650 g/mol. The fraction of sp³-hybridized carbons (Fsp3) is 1.00. The summed E-state index contributed by atoms with van der Waals surface area (Å²) in [6.07, 6.45) is 51.0. The number of hydrogen-bond donors (Lipinski definition) is 4. The van der Waals surface area contributed by atoms with E-state index in [1.165, 1.54) is 342 Å². The molecule has 0 aromatic rings. The molecule has 0 amide bonds. The minimum Gasteiger partial charge on any atom is -0.314 e. The molecule has 0 atom stereocenters. The minimum atomic E-state index is 0.344. The lowest BCUT2D eigenvalue weighted by Crippen LogP contribution is -2.50. The van der Waals surface area contributed by atoms with Crippen LogP contribution >= 0.6 is 0 Å². The number of nitrogens with zero attached hydrogens (tertiary/aromatic N) is 6. The third-order valence-corrected chi connectivity index (χ3v) is 26.9. The lowest BCUT2D eigenvalue weighted by atomic mass is 9.84. The third kappa shape index (κ3) is 64.1. The average Bonchev–Trinajstić information content (AvgIpc) is 0.887. The lowest BCUT2D eigenvalue weighted by Gasteiger charge is -2.41. The molecule has 0 spiro atoms. The Morgan fingerprint density at radius 3 is 0.538 bits per heavy atom. The Kier molecular flexibility index (Phi) is 54.9. The zero-order valence-electron chi connectivity index (χ0n) is 87.6. The summed E-state index contributed by atoms with van der Waals surface area (Å²) in [5.41, 5.74) is 5.19. The number of hydrogen-bond acceptors (Lipinski definition) is 10. The number of piperidine rings is 6. The van der Waals surface area contributed by atoms with Crippen LogP contribution in [0.3, 0.4) is 0 Å². The summed E-state index contributed by atoms with van der Waals surface area (Å²) in [5, 5.41) is 15.1. The van der Waals surface area contributed by atoms with Gasteiger partial charge in [-0.25, -0.2) is 0 Å². The van der Waals surface area contributed by atoms with Gasteiger partial charge in [0.15, 0.2) is 0 Å². The van der Waals surface area contributed by atoms with Crippen molar-refractivity contribution in [1.29, 1.82) is 0 Å². The summed E-state index contributed by atoms with van der Waals surface area (Å²) in [6.45, 7) is 104. The molecule has 6 heterocycles. The van der Waals surface area contributed by atoms with Gasteiger partial charge in [0, 0.05) is 110 Å². The van der Waals surface area contributed by atoms with Crippen LogP contribution in [-0.2, 0) is 0 Å². The van der Waals surface area contributed by atoms with Gasteiger partial charge in [0.05, 0.1) is 0 Å². The lowest BCUT2D eigenvalue weighted by molar-refractivity contribution is 0.0839. The zero-order chi connectivity index (χ0) is 89.2. The molecule has 6 aliphatic rings. The van der Waals surface area contributed by atoms with Crippen LogP contribution in [0.2, 0.25) is 0 Å². The average molecular weight is 1650 g/mol. The van der Waals surface area contributed by atoms with Gasteiger partial charge in [0.25, 0.3) is 0 Å². The fourth-order valence-corrected chi connectivity index (χ4v) is 18.2. The van der Waals surface area contributed by atoms with E-state index in [-0.39, 0.29) is 0 Å². The molecule has 6 saturated heterocycles. The second-order valence-corrected chi connectivity index (χ2v) is 52.2. The Balaban J connectivity index is 0.000000703. The molecule has 6 rings (SSSR count). The standard InChI is InChI=1S/C20H42N2.C19H40N2.C18H38N2.C18H37N.C16H34N2.C16H33N/c1-19(2,3)14-10-8-7-9-11-15-21-18-12-16-22(17-13-18)20(4,5)6;1-18(2,3)13-9-7-8-10-14-20-17-11-15-21(16-12-17)19(4,5)6;1-17(2,3)12-8-7-9-13-19-16-10-14-20(15-11-16)18(4,5)6;1-17(2,3)13-9-7-8-10-16-11-14-19(15-12-16)18(4,5)6;1-15(2,3)10-7-11-17-14-8-12-18(13-9-14)16(4,5)6;1-15(2,3)11-7-8-14-9-12-17(13-10-14)16(4,5)6/h18,21H,7-17H2,1-6H3;17,20H,7-16H2,1-6H3;16,19H,7-15H2,1-6H3;16H,7-15H2,1-6H3;14,17H,7-13H2,1-6H3;14H,7-13H2,1-6H3. The summed E-state index contributed by atoms with van der Waals surface area (Å²) in [7, 11) is 0. The highest BCUT2D eigenvalue weighted by molar-refractivity contribution is 4.90. The van der Waals surface area contributed by atoms with E-state index in [4.69, 9.17) is 0 Å². The van der Waals surface area contributed by atoms with Crippen molar-refractivity contribution in [1.82, 2.24) is 50.7 Å². The van der Waals surface area contributed by atoms with Gasteiger partial charge >= 0.3 is 0 Å². The third-order valence-electron chi connectivity index (χ3n) is 26.9. The van der Waals surface area contributed by atoms with Crippen molar-refractivity contribution < 1.29 is 0 Å². The first kappa shape index (κ1) is 115. The molecular formula is C107H224N10. The van der Waals surface area contributed by atoms with Gasteiger partial charge < -0.3 is 21.3 Å². The van der Waals surface area contributed by atoms with Crippen LogP contribution in [0.5, 0.6) is 0 Å². The molecule has 10 nitrogen and oxygen atoms in total. The Bertz CT molecular complexity index is 2320. The summed E-state index contributed by atoms with van der Waals surface area (Å²) in [6, 6.07) is 3.04. The molecule has 0 aromatic heterocycles. The molecule has 4 N–H and O–H groups in total. The number of nitrogens with one attached hydrogen (secondary N) is 4. The molecule has 0 radical (unpaired) electrons. The van der Waals surface area contributed by atoms with Gasteiger partial charge in [-0.3, -0.25) is 29.4 Å². The van der Waals surface area contributed by atoms with Gasteiger partial charge in [0.2, 0.25) is 0 Å². The molecule has 0 bridgehead atoms. The molecule has 117 heavy (non-hydrogen) atoms. The van der Waals surface area contributed by atoms with E-state index < -0.39 is 0 Å². The number of unbranched alkanes of at least 4 members (excludes halogenated alkanes) is 11. The highest BCUT2D eigenvalue weighted by Gasteiger charge is 2.33. The van der Waals surface area contributed by atoms with E-state index in [9.17, 15) is 0 Å². The van der Waals surface area contributed by atoms with Gasteiger partial charge in [-0.15, -0.1) is 0 Å². The van der Waals surface area contributed by atoms with Gasteiger partial charge in [-0.1, -0.05) is 221 Å². The molecular weight excluding hydrogens is 1430 g/mol. The van der Waals surface area contributed by atoms with Crippen LogP contribution in [-0.4, -0.2) is 192 Å². The van der Waals surface area contributed by atoms with Crippen molar-refractivity contribution >= 4 is 0 Å². The van der Waals surface area contributed by atoms with Crippen molar-refractivity contribution in [3.63, 3.8) is 0 Å². The predicted octanol–water partition coefficient (Wildman–Crippen LogP) is 28.4. The van der Waals surface area contributed by atoms with Crippen LogP contribution in [0.1, 0.15) is 487 Å². The Hall–Kier alpha value is -0.400. The maximum absolute atomic E-state index is 3.78. The van der Waals surface area contributed by atoms with E-state index in [1.54, 1.807) is 0 Å². The smallest absolute Gasteiger partial charge is 0.0125 e. The Labute approximate surface area is 739 Å². The first-order valence-electron chi connectivity index (χ1n) is 51.0. The quantitative estimate of drug-likeness (QED) is 0.0478. The number of rotatable bonds is 33. The largest absolute Gasteiger partial charge is 0.314 e. The summed E-state index contributed by atoms with van der Waals surface area (Å²) >= 11 is 0. The molecule has 6 aliphatic heterocycles. The normalized spacial score (nSPS) is 19.7. The molecule has 702 valence electrons. The summed E-state index contributed by atoms with van der Waals surface area (Å²) in [4.78, 5) is 15.8. The van der Waals surface area contributed by atoms with Crippen molar-refractivity contribution in [3.8, 4) is 0 Å². The van der Waals surface area contributed by atoms with Gasteiger partial charge in [-0.2, -0.15) is 0 Å². The van der Waals surface area contributed by atoms with E-state index in [1.807, 2.05) is 0 Å². The topological polar surface area (TPSA) is 67.6 Å². The summed E-state index contributed by atoms with van der Waals surface area (Å²) < 4.78 is 0. The van der Waals surface area contributed by atoms with Gasteiger partial charge in [-0.05, 0) is 363 Å². The molecule has 0 saturated carbocycles. The molecule has 0 aromatic carbocycles. The van der Waals surface area contributed by atoms with Crippen LogP contribution in [0.4, 0.5) is 0 Å². The molecule has 10 heteroatoms. The maximum Gasteiger partial charge on any atom is 0.0125 e. The van der Waals surface area contributed by atoms with Crippen LogP contribution in [0, 0.1) is 44.3 Å². The summed E-state index contributed by atoms with van der Waals surface area (Å²) in [5.74, 6) is 2.00. The van der Waals surface area contributed by atoms with Crippen LogP contribution < -0.4 is 21.3 Å². The Morgan fingerprint density at radius 1 is 0.171 bits per heavy atom. The predicted molar refractivity (Wildman–Crippen MR) is 530 cm³/mol. The highest BCUT2D eigenvalue weighted by Crippen LogP contribution is 2.34. The zero-order valence-corrected chi connectivity index (χ0v) is 87.6.